The van der Waals surface area contributed by atoms with E-state index < -0.39 is 11.6 Å². The Labute approximate surface area is 103 Å². The number of rotatable bonds is 3. The van der Waals surface area contributed by atoms with Crippen LogP contribution in [0.3, 0.4) is 0 Å². The molecular formula is C13H22N2O2. The van der Waals surface area contributed by atoms with Gasteiger partial charge in [0.15, 0.2) is 0 Å². The van der Waals surface area contributed by atoms with Crippen LogP contribution in [0.25, 0.3) is 0 Å². The summed E-state index contributed by atoms with van der Waals surface area (Å²) < 4.78 is 5.07. The molecule has 1 N–H and O–H groups in total. The summed E-state index contributed by atoms with van der Waals surface area (Å²) in [6.45, 7) is 4.37. The number of hydrogen-bond donors (Lipinski definition) is 1. The molecule has 0 atom stereocenters. The molecule has 0 saturated heterocycles. The molecule has 0 unspecified atom stereocenters. The van der Waals surface area contributed by atoms with Crippen molar-refractivity contribution < 1.29 is 9.53 Å². The van der Waals surface area contributed by atoms with E-state index in [1.165, 1.54) is 0 Å². The summed E-state index contributed by atoms with van der Waals surface area (Å²) in [5.41, 5.74) is -0.704. The molecule has 0 spiro atoms. The molecular weight excluding hydrogens is 216 g/mol. The molecule has 0 aliphatic heterocycles. The third-order valence-corrected chi connectivity index (χ3v) is 3.06. The monoisotopic (exact) mass is 238 g/mol. The van der Waals surface area contributed by atoms with Crippen molar-refractivity contribution in [2.24, 2.45) is 5.92 Å². The second-order valence-corrected chi connectivity index (χ2v) is 5.23. The zero-order valence-electron chi connectivity index (χ0n) is 10.8. The maximum Gasteiger partial charge on any atom is 0.408 e. The van der Waals surface area contributed by atoms with Crippen molar-refractivity contribution in [1.29, 1.82) is 5.26 Å². The molecule has 0 heterocycles. The van der Waals surface area contributed by atoms with E-state index in [9.17, 15) is 10.1 Å². The summed E-state index contributed by atoms with van der Waals surface area (Å²) >= 11 is 0. The minimum Gasteiger partial charge on any atom is -0.449 e. The zero-order valence-corrected chi connectivity index (χ0v) is 10.8. The van der Waals surface area contributed by atoms with Crippen molar-refractivity contribution in [2.45, 2.75) is 57.9 Å². The molecule has 0 aromatic carbocycles. The standard InChI is InChI=1S/C13H22N2O2/c1-11(2)9-17-12(16)15-13(10-14)7-5-3-4-6-8-13/h11H,3-9H2,1-2H3,(H,15,16). The Morgan fingerprint density at radius 2 is 1.94 bits per heavy atom. The van der Waals surface area contributed by atoms with Crippen LogP contribution in [0.1, 0.15) is 52.4 Å². The van der Waals surface area contributed by atoms with Crippen LogP contribution in [0.2, 0.25) is 0 Å². The van der Waals surface area contributed by atoms with Crippen LogP contribution in [-0.2, 0) is 4.74 Å². The van der Waals surface area contributed by atoms with Crippen LogP contribution in [0.4, 0.5) is 4.79 Å². The van der Waals surface area contributed by atoms with Crippen LogP contribution in [0.5, 0.6) is 0 Å². The average Bonchev–Trinajstić information content (AvgIpc) is 2.53. The molecule has 0 aromatic heterocycles. The van der Waals surface area contributed by atoms with Gasteiger partial charge >= 0.3 is 6.09 Å². The van der Waals surface area contributed by atoms with Gasteiger partial charge in [0.2, 0.25) is 0 Å². The summed E-state index contributed by atoms with van der Waals surface area (Å²) in [6.07, 6.45) is 5.30. The molecule has 1 saturated carbocycles. The second kappa shape index (κ2) is 6.48. The van der Waals surface area contributed by atoms with Gasteiger partial charge in [0.1, 0.15) is 5.54 Å². The van der Waals surface area contributed by atoms with Crippen LogP contribution in [-0.4, -0.2) is 18.2 Å². The predicted molar refractivity (Wildman–Crippen MR) is 65.4 cm³/mol. The van der Waals surface area contributed by atoms with E-state index in [1.54, 1.807) is 0 Å². The van der Waals surface area contributed by atoms with Gasteiger partial charge in [-0.25, -0.2) is 4.79 Å². The van der Waals surface area contributed by atoms with E-state index >= 15 is 0 Å². The highest BCUT2D eigenvalue weighted by Gasteiger charge is 2.33. The molecule has 4 heteroatoms. The largest absolute Gasteiger partial charge is 0.449 e. The summed E-state index contributed by atoms with van der Waals surface area (Å²) in [7, 11) is 0. The van der Waals surface area contributed by atoms with Gasteiger partial charge in [-0.15, -0.1) is 0 Å². The minimum atomic E-state index is -0.704. The molecule has 1 amide bonds. The number of ether oxygens (including phenoxy) is 1. The Balaban J connectivity index is 2.50. The lowest BCUT2D eigenvalue weighted by Gasteiger charge is -2.25. The SMILES string of the molecule is CC(C)COC(=O)NC1(C#N)CCCCCC1. The van der Waals surface area contributed by atoms with Crippen LogP contribution in [0.15, 0.2) is 0 Å². The summed E-state index contributed by atoms with van der Waals surface area (Å²) in [5, 5.41) is 12.0. The topological polar surface area (TPSA) is 62.1 Å². The quantitative estimate of drug-likeness (QED) is 0.769. The highest BCUT2D eigenvalue weighted by Crippen LogP contribution is 2.26. The molecule has 0 radical (unpaired) electrons. The van der Waals surface area contributed by atoms with E-state index in [2.05, 4.69) is 11.4 Å². The van der Waals surface area contributed by atoms with Gasteiger partial charge in [0.25, 0.3) is 0 Å². The van der Waals surface area contributed by atoms with Crippen molar-refractivity contribution in [3.63, 3.8) is 0 Å². The first-order chi connectivity index (χ1) is 8.08. The van der Waals surface area contributed by atoms with Crippen molar-refractivity contribution in [2.75, 3.05) is 6.61 Å². The first kappa shape index (κ1) is 13.8. The number of hydrogen-bond acceptors (Lipinski definition) is 3. The Morgan fingerprint density at radius 3 is 2.41 bits per heavy atom. The maximum absolute atomic E-state index is 11.6. The predicted octanol–water partition coefficient (Wildman–Crippen LogP) is 2.99. The number of carbonyl (C=O) groups is 1. The summed E-state index contributed by atoms with van der Waals surface area (Å²) in [6, 6.07) is 2.26. The minimum absolute atomic E-state index is 0.313. The Bertz CT molecular complexity index is 286. The lowest BCUT2D eigenvalue weighted by molar-refractivity contribution is 0.123. The molecule has 17 heavy (non-hydrogen) atoms. The van der Waals surface area contributed by atoms with Gasteiger partial charge in [-0.2, -0.15) is 5.26 Å². The fraction of sp³-hybridized carbons (Fsp3) is 0.846. The van der Waals surface area contributed by atoms with Crippen molar-refractivity contribution in [1.82, 2.24) is 5.32 Å². The van der Waals surface area contributed by atoms with E-state index in [1.807, 2.05) is 13.8 Å². The molecule has 0 aromatic rings. The average molecular weight is 238 g/mol. The van der Waals surface area contributed by atoms with E-state index in [-0.39, 0.29) is 0 Å². The Hall–Kier alpha value is -1.24. The van der Waals surface area contributed by atoms with Gasteiger partial charge in [-0.3, -0.25) is 0 Å². The summed E-state index contributed by atoms with van der Waals surface area (Å²) in [4.78, 5) is 11.6. The number of alkyl carbamates (subject to hydrolysis) is 1. The molecule has 4 nitrogen and oxygen atoms in total. The van der Waals surface area contributed by atoms with E-state index in [0.717, 1.165) is 38.5 Å². The van der Waals surface area contributed by atoms with Gasteiger partial charge in [-0.05, 0) is 18.8 Å². The molecule has 1 aliphatic carbocycles. The van der Waals surface area contributed by atoms with Crippen molar-refractivity contribution >= 4 is 6.09 Å². The first-order valence-corrected chi connectivity index (χ1v) is 6.44. The van der Waals surface area contributed by atoms with Crippen LogP contribution < -0.4 is 5.32 Å². The lowest BCUT2D eigenvalue weighted by atomic mass is 9.92. The van der Waals surface area contributed by atoms with Gasteiger partial charge in [0.05, 0.1) is 12.7 Å². The van der Waals surface area contributed by atoms with Crippen molar-refractivity contribution in [3.05, 3.63) is 0 Å². The third-order valence-electron chi connectivity index (χ3n) is 3.06. The molecule has 1 aliphatic rings. The van der Waals surface area contributed by atoms with Gasteiger partial charge in [-0.1, -0.05) is 39.5 Å². The number of nitrogens with one attached hydrogen (secondary N) is 1. The van der Waals surface area contributed by atoms with Gasteiger partial charge in [0, 0.05) is 0 Å². The summed E-state index contributed by atoms with van der Waals surface area (Å²) in [5.74, 6) is 0.313. The van der Waals surface area contributed by atoms with E-state index in [0.29, 0.717) is 12.5 Å². The number of nitriles is 1. The molecule has 0 bridgehead atoms. The highest BCUT2D eigenvalue weighted by molar-refractivity contribution is 5.69. The molecule has 1 fully saturated rings. The fourth-order valence-electron chi connectivity index (χ4n) is 2.07. The Morgan fingerprint density at radius 1 is 1.35 bits per heavy atom. The smallest absolute Gasteiger partial charge is 0.408 e. The third kappa shape index (κ3) is 4.64. The lowest BCUT2D eigenvalue weighted by Crippen LogP contribution is -2.47. The second-order valence-electron chi connectivity index (χ2n) is 5.23. The number of carbonyl (C=O) groups excluding carboxylic acids is 1. The van der Waals surface area contributed by atoms with E-state index in [4.69, 9.17) is 4.74 Å². The normalized spacial score (nSPS) is 19.2. The van der Waals surface area contributed by atoms with Crippen LogP contribution >= 0.6 is 0 Å². The number of amides is 1. The fourth-order valence-corrected chi connectivity index (χ4v) is 2.07. The molecule has 96 valence electrons. The molecule has 1 rings (SSSR count). The Kier molecular flexibility index (Phi) is 5.27. The maximum atomic E-state index is 11.6. The van der Waals surface area contributed by atoms with Crippen LogP contribution in [0, 0.1) is 17.2 Å². The number of nitrogens with zero attached hydrogens (tertiary/aromatic N) is 1. The first-order valence-electron chi connectivity index (χ1n) is 6.44. The highest BCUT2D eigenvalue weighted by atomic mass is 16.5. The zero-order chi connectivity index (χ0) is 12.7. The van der Waals surface area contributed by atoms with Crippen molar-refractivity contribution in [3.8, 4) is 6.07 Å². The van der Waals surface area contributed by atoms with Gasteiger partial charge < -0.3 is 10.1 Å².